The van der Waals surface area contributed by atoms with Crippen molar-refractivity contribution in [3.63, 3.8) is 0 Å². The topological polar surface area (TPSA) is 39.9 Å². The van der Waals surface area contributed by atoms with Crippen molar-refractivity contribution < 1.29 is 4.74 Å². The van der Waals surface area contributed by atoms with E-state index < -0.39 is 0 Å². The van der Waals surface area contributed by atoms with Crippen LogP contribution in [0, 0.1) is 0 Å². The molecule has 0 saturated carbocycles. The molecule has 0 atom stereocenters. The van der Waals surface area contributed by atoms with Crippen molar-refractivity contribution in [2.45, 2.75) is 6.61 Å². The van der Waals surface area contributed by atoms with E-state index >= 15 is 0 Å². The fourth-order valence-corrected chi connectivity index (χ4v) is 1.54. The minimum Gasteiger partial charge on any atom is -0.380 e. The highest BCUT2D eigenvalue weighted by Gasteiger charge is 2.03. The SMILES string of the molecule is COCc1cccc(-n2cnnc2Cl)c1. The molecule has 1 aromatic heterocycles. The van der Waals surface area contributed by atoms with Crippen LogP contribution < -0.4 is 0 Å². The summed E-state index contributed by atoms with van der Waals surface area (Å²) in [5.74, 6) is 0. The summed E-state index contributed by atoms with van der Waals surface area (Å²) in [6.07, 6.45) is 1.58. The zero-order valence-corrected chi connectivity index (χ0v) is 8.98. The van der Waals surface area contributed by atoms with Gasteiger partial charge in [0.05, 0.1) is 6.61 Å². The lowest BCUT2D eigenvalue weighted by Crippen LogP contribution is -1.95. The van der Waals surface area contributed by atoms with E-state index in [1.807, 2.05) is 24.3 Å². The Balaban J connectivity index is 2.37. The van der Waals surface area contributed by atoms with Gasteiger partial charge in [-0.1, -0.05) is 12.1 Å². The summed E-state index contributed by atoms with van der Waals surface area (Å²) in [7, 11) is 1.67. The van der Waals surface area contributed by atoms with Crippen molar-refractivity contribution >= 4 is 11.6 Å². The number of methoxy groups -OCH3 is 1. The van der Waals surface area contributed by atoms with Crippen molar-refractivity contribution in [2.75, 3.05) is 7.11 Å². The minimum atomic E-state index is 0.351. The predicted molar refractivity (Wildman–Crippen MR) is 57.1 cm³/mol. The van der Waals surface area contributed by atoms with E-state index in [1.54, 1.807) is 18.0 Å². The third-order valence-electron chi connectivity index (χ3n) is 2.01. The first-order valence-corrected chi connectivity index (χ1v) is 4.83. The van der Waals surface area contributed by atoms with E-state index in [2.05, 4.69) is 10.2 Å². The van der Waals surface area contributed by atoms with Gasteiger partial charge in [-0.3, -0.25) is 4.57 Å². The van der Waals surface area contributed by atoms with Crippen LogP contribution in [0.15, 0.2) is 30.6 Å². The maximum atomic E-state index is 5.86. The standard InChI is InChI=1S/C10H10ClN3O/c1-15-6-8-3-2-4-9(5-8)14-7-12-13-10(14)11/h2-5,7H,6H2,1H3. The summed E-state index contributed by atoms with van der Waals surface area (Å²) in [5, 5.41) is 7.79. The van der Waals surface area contributed by atoms with Gasteiger partial charge in [-0.15, -0.1) is 10.2 Å². The monoisotopic (exact) mass is 223 g/mol. The van der Waals surface area contributed by atoms with Gasteiger partial charge in [-0.05, 0) is 29.3 Å². The van der Waals surface area contributed by atoms with E-state index in [0.717, 1.165) is 11.3 Å². The van der Waals surface area contributed by atoms with Gasteiger partial charge in [-0.2, -0.15) is 0 Å². The average molecular weight is 224 g/mol. The van der Waals surface area contributed by atoms with Gasteiger partial charge in [0.1, 0.15) is 6.33 Å². The van der Waals surface area contributed by atoms with Gasteiger partial charge in [0.2, 0.25) is 5.28 Å². The molecule has 0 bridgehead atoms. The molecule has 0 aliphatic carbocycles. The Labute approximate surface area is 92.5 Å². The fourth-order valence-electron chi connectivity index (χ4n) is 1.36. The zero-order valence-electron chi connectivity index (χ0n) is 8.22. The quantitative estimate of drug-likeness (QED) is 0.800. The van der Waals surface area contributed by atoms with Crippen LogP contribution in [-0.2, 0) is 11.3 Å². The lowest BCUT2D eigenvalue weighted by molar-refractivity contribution is 0.185. The van der Waals surface area contributed by atoms with E-state index in [0.29, 0.717) is 11.9 Å². The number of nitrogens with zero attached hydrogens (tertiary/aromatic N) is 3. The Hall–Kier alpha value is -1.39. The summed E-state index contributed by atoms with van der Waals surface area (Å²) in [4.78, 5) is 0. The second-order valence-electron chi connectivity index (χ2n) is 3.07. The molecule has 1 aromatic carbocycles. The molecule has 0 radical (unpaired) electrons. The minimum absolute atomic E-state index is 0.351. The lowest BCUT2D eigenvalue weighted by atomic mass is 10.2. The highest BCUT2D eigenvalue weighted by atomic mass is 35.5. The fraction of sp³-hybridized carbons (Fsp3) is 0.200. The van der Waals surface area contributed by atoms with Crippen molar-refractivity contribution in [1.82, 2.24) is 14.8 Å². The number of ether oxygens (including phenoxy) is 1. The van der Waals surface area contributed by atoms with Crippen molar-refractivity contribution in [2.24, 2.45) is 0 Å². The first-order valence-electron chi connectivity index (χ1n) is 4.45. The maximum absolute atomic E-state index is 5.86. The van der Waals surface area contributed by atoms with Crippen LogP contribution >= 0.6 is 11.6 Å². The first-order chi connectivity index (χ1) is 7.31. The molecule has 0 fully saturated rings. The summed E-state index contributed by atoms with van der Waals surface area (Å²) < 4.78 is 6.77. The van der Waals surface area contributed by atoms with Crippen LogP contribution in [0.25, 0.3) is 5.69 Å². The molecule has 0 aliphatic rings. The van der Waals surface area contributed by atoms with Crippen molar-refractivity contribution in [1.29, 1.82) is 0 Å². The Bertz CT molecular complexity index is 455. The van der Waals surface area contributed by atoms with E-state index in [-0.39, 0.29) is 0 Å². The molecule has 2 aromatic rings. The second-order valence-corrected chi connectivity index (χ2v) is 3.41. The molecular weight excluding hydrogens is 214 g/mol. The Morgan fingerprint density at radius 2 is 2.33 bits per heavy atom. The molecule has 0 unspecified atom stereocenters. The molecule has 0 amide bonds. The molecule has 78 valence electrons. The van der Waals surface area contributed by atoms with Gasteiger partial charge < -0.3 is 4.74 Å². The first kappa shape index (κ1) is 10.1. The third kappa shape index (κ3) is 2.16. The molecule has 0 spiro atoms. The van der Waals surface area contributed by atoms with E-state index in [1.165, 1.54) is 0 Å². The molecule has 15 heavy (non-hydrogen) atoms. The van der Waals surface area contributed by atoms with Crippen molar-refractivity contribution in [3.05, 3.63) is 41.4 Å². The maximum Gasteiger partial charge on any atom is 0.229 e. The average Bonchev–Trinajstić information content (AvgIpc) is 2.65. The third-order valence-corrected chi connectivity index (χ3v) is 2.26. The smallest absolute Gasteiger partial charge is 0.229 e. The highest BCUT2D eigenvalue weighted by molar-refractivity contribution is 6.28. The number of aromatic nitrogens is 3. The van der Waals surface area contributed by atoms with Gasteiger partial charge >= 0.3 is 0 Å². The normalized spacial score (nSPS) is 10.5. The molecular formula is C10H10ClN3O. The summed E-state index contributed by atoms with van der Waals surface area (Å²) in [6, 6.07) is 7.86. The molecule has 0 aliphatic heterocycles. The summed E-state index contributed by atoms with van der Waals surface area (Å²) in [6.45, 7) is 0.577. The number of rotatable bonds is 3. The van der Waals surface area contributed by atoms with E-state index in [9.17, 15) is 0 Å². The van der Waals surface area contributed by atoms with Crippen LogP contribution in [0.4, 0.5) is 0 Å². The molecule has 4 nitrogen and oxygen atoms in total. The highest BCUT2D eigenvalue weighted by Crippen LogP contribution is 2.15. The molecule has 2 rings (SSSR count). The number of halogens is 1. The van der Waals surface area contributed by atoms with Crippen LogP contribution in [-0.4, -0.2) is 21.9 Å². The predicted octanol–water partition coefficient (Wildman–Crippen LogP) is 2.07. The Morgan fingerprint density at radius 1 is 1.47 bits per heavy atom. The molecule has 0 N–H and O–H groups in total. The largest absolute Gasteiger partial charge is 0.380 e. The van der Waals surface area contributed by atoms with Crippen molar-refractivity contribution in [3.8, 4) is 5.69 Å². The summed E-state index contributed by atoms with van der Waals surface area (Å²) in [5.41, 5.74) is 2.01. The van der Waals surface area contributed by atoms with Gasteiger partial charge in [-0.25, -0.2) is 0 Å². The zero-order chi connectivity index (χ0) is 10.7. The van der Waals surface area contributed by atoms with E-state index in [4.69, 9.17) is 16.3 Å². The van der Waals surface area contributed by atoms with Gasteiger partial charge in [0.25, 0.3) is 0 Å². The lowest BCUT2D eigenvalue weighted by Gasteiger charge is -2.05. The summed E-state index contributed by atoms with van der Waals surface area (Å²) >= 11 is 5.86. The number of hydrogen-bond acceptors (Lipinski definition) is 3. The Morgan fingerprint density at radius 3 is 3.00 bits per heavy atom. The van der Waals surface area contributed by atoms with Crippen LogP contribution in [0.5, 0.6) is 0 Å². The van der Waals surface area contributed by atoms with Gasteiger partial charge in [0, 0.05) is 12.8 Å². The Kier molecular flexibility index (Phi) is 2.99. The van der Waals surface area contributed by atoms with Crippen LogP contribution in [0.2, 0.25) is 5.28 Å². The van der Waals surface area contributed by atoms with Crippen LogP contribution in [0.3, 0.4) is 0 Å². The molecule has 5 heteroatoms. The molecule has 1 heterocycles. The second kappa shape index (κ2) is 4.42. The molecule has 0 saturated heterocycles. The number of hydrogen-bond donors (Lipinski definition) is 0. The van der Waals surface area contributed by atoms with Crippen LogP contribution in [0.1, 0.15) is 5.56 Å². The number of benzene rings is 1. The van der Waals surface area contributed by atoms with Gasteiger partial charge in [0.15, 0.2) is 0 Å².